The highest BCUT2D eigenvalue weighted by molar-refractivity contribution is 5.86. The highest BCUT2D eigenvalue weighted by Gasteiger charge is 2.46. The van der Waals surface area contributed by atoms with Gasteiger partial charge in [-0.1, -0.05) is 12.8 Å². The molecule has 0 aromatic carbocycles. The van der Waals surface area contributed by atoms with Crippen LogP contribution < -0.4 is 11.1 Å². The Morgan fingerprint density at radius 2 is 1.80 bits per heavy atom. The zero-order valence-corrected chi connectivity index (χ0v) is 15.3. The van der Waals surface area contributed by atoms with Crippen LogP contribution in [0.2, 0.25) is 0 Å². The molecule has 3 fully saturated rings. The molecular formula is C18H32N4O3. The van der Waals surface area contributed by atoms with Crippen LogP contribution in [0.5, 0.6) is 0 Å². The smallest absolute Gasteiger partial charge is 0.242 e. The second-order valence-corrected chi connectivity index (χ2v) is 8.32. The number of β-amino-alcohol motifs (C(OH)–C–C–N with tert-alkyl or cyclic N) is 1. The van der Waals surface area contributed by atoms with E-state index < -0.39 is 11.1 Å². The van der Waals surface area contributed by atoms with Crippen molar-refractivity contribution in [3.8, 4) is 0 Å². The molecule has 142 valence electrons. The lowest BCUT2D eigenvalue weighted by atomic mass is 9.97. The molecule has 0 aromatic rings. The molecular weight excluding hydrogens is 320 g/mol. The summed E-state index contributed by atoms with van der Waals surface area (Å²) in [5.74, 6) is 0.0370. The number of likely N-dealkylation sites (tertiary alicyclic amines) is 2. The number of nitrogens with zero attached hydrogens (tertiary/aromatic N) is 2. The van der Waals surface area contributed by atoms with Gasteiger partial charge >= 0.3 is 0 Å². The molecule has 0 radical (unpaired) electrons. The first-order chi connectivity index (χ1) is 11.8. The van der Waals surface area contributed by atoms with Gasteiger partial charge in [0.2, 0.25) is 11.8 Å². The van der Waals surface area contributed by atoms with E-state index in [4.69, 9.17) is 5.73 Å². The van der Waals surface area contributed by atoms with Crippen LogP contribution in [0.15, 0.2) is 0 Å². The Bertz CT molecular complexity index is 512. The lowest BCUT2D eigenvalue weighted by Crippen LogP contribution is -2.55. The normalized spacial score (nSPS) is 30.6. The van der Waals surface area contributed by atoms with Crippen molar-refractivity contribution in [3.05, 3.63) is 0 Å². The number of rotatable bonds is 4. The second kappa shape index (κ2) is 7.21. The largest absolute Gasteiger partial charge is 0.387 e. The summed E-state index contributed by atoms with van der Waals surface area (Å²) >= 11 is 0. The predicted molar refractivity (Wildman–Crippen MR) is 94.8 cm³/mol. The van der Waals surface area contributed by atoms with Crippen molar-refractivity contribution >= 4 is 11.8 Å². The fourth-order valence-electron chi connectivity index (χ4n) is 4.63. The van der Waals surface area contributed by atoms with Crippen molar-refractivity contribution in [2.24, 2.45) is 5.73 Å². The quantitative estimate of drug-likeness (QED) is 0.652. The zero-order valence-electron chi connectivity index (χ0n) is 15.3. The van der Waals surface area contributed by atoms with E-state index in [1.807, 2.05) is 0 Å². The van der Waals surface area contributed by atoms with Crippen molar-refractivity contribution in [3.63, 3.8) is 0 Å². The summed E-state index contributed by atoms with van der Waals surface area (Å²) in [5.41, 5.74) is 4.74. The van der Waals surface area contributed by atoms with E-state index in [2.05, 4.69) is 10.2 Å². The SMILES string of the molecule is CC(=O)NC1CCN(C[C@]2(O)CCN(C(=O)C3(N)CCCC3)C2)CC1. The summed E-state index contributed by atoms with van der Waals surface area (Å²) < 4.78 is 0. The van der Waals surface area contributed by atoms with E-state index in [1.165, 1.54) is 0 Å². The summed E-state index contributed by atoms with van der Waals surface area (Å²) in [6, 6.07) is 0.240. The minimum atomic E-state index is -0.842. The maximum atomic E-state index is 12.7. The van der Waals surface area contributed by atoms with E-state index in [9.17, 15) is 14.7 Å². The van der Waals surface area contributed by atoms with Crippen molar-refractivity contribution in [2.75, 3.05) is 32.7 Å². The topological polar surface area (TPSA) is 98.9 Å². The third-order valence-electron chi connectivity index (χ3n) is 6.05. The van der Waals surface area contributed by atoms with Crippen LogP contribution in [0.1, 0.15) is 51.9 Å². The van der Waals surface area contributed by atoms with Gasteiger partial charge in [-0.25, -0.2) is 0 Å². The van der Waals surface area contributed by atoms with Gasteiger partial charge < -0.3 is 26.0 Å². The Morgan fingerprint density at radius 3 is 2.40 bits per heavy atom. The molecule has 0 aromatic heterocycles. The van der Waals surface area contributed by atoms with Crippen LogP contribution in [0.4, 0.5) is 0 Å². The van der Waals surface area contributed by atoms with E-state index in [0.29, 0.717) is 26.1 Å². The first-order valence-corrected chi connectivity index (χ1v) is 9.60. The van der Waals surface area contributed by atoms with Crippen LogP contribution in [0.3, 0.4) is 0 Å². The standard InChI is InChI=1S/C18H32N4O3/c1-14(23)20-15-4-9-21(10-5-15)12-17(25)8-11-22(13-17)16(24)18(19)6-2-3-7-18/h15,25H,2-13,19H2,1H3,(H,20,23)/t17-/m1/s1. The molecule has 2 amide bonds. The monoisotopic (exact) mass is 352 g/mol. The number of hydrogen-bond acceptors (Lipinski definition) is 5. The van der Waals surface area contributed by atoms with Crippen LogP contribution >= 0.6 is 0 Å². The average molecular weight is 352 g/mol. The number of piperidine rings is 1. The predicted octanol–water partition coefficient (Wildman–Crippen LogP) is -0.178. The number of carbonyl (C=O) groups excluding carboxylic acids is 2. The molecule has 1 atom stereocenters. The highest BCUT2D eigenvalue weighted by Crippen LogP contribution is 2.32. The number of nitrogens with one attached hydrogen (secondary N) is 1. The summed E-state index contributed by atoms with van der Waals surface area (Å²) in [7, 11) is 0. The molecule has 7 heteroatoms. The van der Waals surface area contributed by atoms with Gasteiger partial charge in [0.1, 0.15) is 0 Å². The molecule has 2 aliphatic heterocycles. The van der Waals surface area contributed by atoms with Crippen molar-refractivity contribution in [1.82, 2.24) is 15.1 Å². The Balaban J connectivity index is 1.49. The van der Waals surface area contributed by atoms with Gasteiger partial charge in [-0.15, -0.1) is 0 Å². The van der Waals surface area contributed by atoms with Gasteiger partial charge in [0.05, 0.1) is 17.7 Å². The van der Waals surface area contributed by atoms with Gasteiger partial charge in [0.25, 0.3) is 0 Å². The summed E-state index contributed by atoms with van der Waals surface area (Å²) in [4.78, 5) is 27.9. The molecule has 3 aliphatic rings. The third kappa shape index (κ3) is 4.33. The number of nitrogens with two attached hydrogens (primary N) is 1. The lowest BCUT2D eigenvalue weighted by molar-refractivity contribution is -0.137. The molecule has 4 N–H and O–H groups in total. The van der Waals surface area contributed by atoms with E-state index >= 15 is 0 Å². The number of carbonyl (C=O) groups is 2. The van der Waals surface area contributed by atoms with Crippen molar-refractivity contribution in [2.45, 2.75) is 69.1 Å². The van der Waals surface area contributed by atoms with Gasteiger partial charge in [0, 0.05) is 39.1 Å². The Kier molecular flexibility index (Phi) is 5.37. The molecule has 0 unspecified atom stereocenters. The first-order valence-electron chi connectivity index (χ1n) is 9.60. The first kappa shape index (κ1) is 18.6. The molecule has 2 saturated heterocycles. The van der Waals surface area contributed by atoms with Crippen LogP contribution in [-0.4, -0.2) is 76.6 Å². The Morgan fingerprint density at radius 1 is 1.16 bits per heavy atom. The Hall–Kier alpha value is -1.18. The minimum Gasteiger partial charge on any atom is -0.387 e. The molecule has 2 heterocycles. The van der Waals surface area contributed by atoms with E-state index in [-0.39, 0.29) is 17.9 Å². The van der Waals surface area contributed by atoms with E-state index in [0.717, 1.165) is 51.6 Å². The lowest BCUT2D eigenvalue weighted by Gasteiger charge is -2.37. The maximum absolute atomic E-state index is 12.7. The zero-order chi connectivity index (χ0) is 18.1. The molecule has 7 nitrogen and oxygen atoms in total. The van der Waals surface area contributed by atoms with E-state index in [1.54, 1.807) is 11.8 Å². The molecule has 1 aliphatic carbocycles. The molecule has 1 saturated carbocycles. The van der Waals surface area contributed by atoms with Crippen LogP contribution in [-0.2, 0) is 9.59 Å². The second-order valence-electron chi connectivity index (χ2n) is 8.32. The number of aliphatic hydroxyl groups is 1. The third-order valence-corrected chi connectivity index (χ3v) is 6.05. The highest BCUT2D eigenvalue weighted by atomic mass is 16.3. The minimum absolute atomic E-state index is 0.0182. The van der Waals surface area contributed by atoms with Gasteiger partial charge in [-0.3, -0.25) is 9.59 Å². The van der Waals surface area contributed by atoms with Crippen molar-refractivity contribution < 1.29 is 14.7 Å². The molecule has 0 bridgehead atoms. The molecule has 0 spiro atoms. The van der Waals surface area contributed by atoms with Gasteiger partial charge in [-0.05, 0) is 32.1 Å². The van der Waals surface area contributed by atoms with Crippen LogP contribution in [0, 0.1) is 0 Å². The summed E-state index contributed by atoms with van der Waals surface area (Å²) in [6.07, 6.45) is 5.98. The molecule has 3 rings (SSSR count). The fraction of sp³-hybridized carbons (Fsp3) is 0.889. The van der Waals surface area contributed by atoms with Gasteiger partial charge in [0.15, 0.2) is 0 Å². The number of amides is 2. The number of hydrogen-bond donors (Lipinski definition) is 3. The summed E-state index contributed by atoms with van der Waals surface area (Å²) in [5, 5.41) is 13.9. The summed E-state index contributed by atoms with van der Waals surface area (Å²) in [6.45, 7) is 4.84. The fourth-order valence-corrected chi connectivity index (χ4v) is 4.63. The van der Waals surface area contributed by atoms with Crippen LogP contribution in [0.25, 0.3) is 0 Å². The average Bonchev–Trinajstić information content (AvgIpc) is 3.16. The Labute approximate surface area is 149 Å². The molecule has 25 heavy (non-hydrogen) atoms. The van der Waals surface area contributed by atoms with Gasteiger partial charge in [-0.2, -0.15) is 0 Å². The van der Waals surface area contributed by atoms with Crippen molar-refractivity contribution in [1.29, 1.82) is 0 Å². The maximum Gasteiger partial charge on any atom is 0.242 e.